The average molecular weight is 202 g/mol. The molecule has 0 aromatic carbocycles. The Labute approximate surface area is 86.9 Å². The third-order valence-corrected chi connectivity index (χ3v) is 2.97. The van der Waals surface area contributed by atoms with Gasteiger partial charge in [-0.25, -0.2) is 4.39 Å². The fraction of sp³-hybridized carbons (Fsp3) is 1.00. The molecule has 3 heteroatoms. The summed E-state index contributed by atoms with van der Waals surface area (Å²) in [5.74, 6) is 0.817. The largest absolute Gasteiger partial charge is 0.316 e. The summed E-state index contributed by atoms with van der Waals surface area (Å²) < 4.78 is 12.1. The molecule has 1 fully saturated rings. The number of likely N-dealkylation sites (tertiary alicyclic amines) is 1. The maximum absolute atomic E-state index is 12.1. The Morgan fingerprint density at radius 2 is 2.07 bits per heavy atom. The summed E-state index contributed by atoms with van der Waals surface area (Å²) >= 11 is 0. The van der Waals surface area contributed by atoms with E-state index >= 15 is 0 Å². The highest BCUT2D eigenvalue weighted by molar-refractivity contribution is 4.73. The molecule has 1 saturated heterocycles. The Kier molecular flexibility index (Phi) is 6.12. The Balaban J connectivity index is 2.03. The van der Waals surface area contributed by atoms with Crippen LogP contribution in [0.5, 0.6) is 0 Å². The first-order chi connectivity index (χ1) is 6.86. The summed E-state index contributed by atoms with van der Waals surface area (Å²) in [6.07, 6.45) is 3.67. The molecule has 1 N–H and O–H groups in total. The fourth-order valence-electron chi connectivity index (χ4n) is 2.02. The molecule has 0 aliphatic carbocycles. The van der Waals surface area contributed by atoms with E-state index in [1.165, 1.54) is 19.3 Å². The minimum Gasteiger partial charge on any atom is -0.316 e. The van der Waals surface area contributed by atoms with E-state index in [9.17, 15) is 4.39 Å². The van der Waals surface area contributed by atoms with Gasteiger partial charge < -0.3 is 10.2 Å². The van der Waals surface area contributed by atoms with E-state index in [4.69, 9.17) is 0 Å². The summed E-state index contributed by atoms with van der Waals surface area (Å²) in [6, 6.07) is 0. The van der Waals surface area contributed by atoms with Crippen molar-refractivity contribution in [1.82, 2.24) is 10.2 Å². The van der Waals surface area contributed by atoms with Crippen molar-refractivity contribution in [3.8, 4) is 0 Å². The van der Waals surface area contributed by atoms with Crippen molar-refractivity contribution in [2.24, 2.45) is 5.92 Å². The molecule has 0 spiro atoms. The van der Waals surface area contributed by atoms with Crippen molar-refractivity contribution in [2.75, 3.05) is 39.4 Å². The van der Waals surface area contributed by atoms with Crippen LogP contribution in [0.1, 0.15) is 26.2 Å². The van der Waals surface area contributed by atoms with Gasteiger partial charge in [0.2, 0.25) is 0 Å². The van der Waals surface area contributed by atoms with Gasteiger partial charge in [-0.3, -0.25) is 0 Å². The fourth-order valence-corrected chi connectivity index (χ4v) is 2.02. The number of nitrogens with zero attached hydrogens (tertiary/aromatic N) is 1. The summed E-state index contributed by atoms with van der Waals surface area (Å²) in [4.78, 5) is 2.23. The van der Waals surface area contributed by atoms with Gasteiger partial charge in [-0.2, -0.15) is 0 Å². The number of rotatable bonds is 6. The van der Waals surface area contributed by atoms with Gasteiger partial charge in [0.05, 0.1) is 0 Å². The lowest BCUT2D eigenvalue weighted by Crippen LogP contribution is -2.38. The van der Waals surface area contributed by atoms with Crippen LogP contribution in [0.15, 0.2) is 0 Å². The van der Waals surface area contributed by atoms with Crippen LogP contribution in [0, 0.1) is 5.92 Å². The molecule has 1 rings (SSSR count). The first-order valence-electron chi connectivity index (χ1n) is 5.85. The van der Waals surface area contributed by atoms with Crippen LogP contribution in [-0.2, 0) is 0 Å². The molecule has 0 aromatic heterocycles. The molecule has 0 atom stereocenters. The van der Waals surface area contributed by atoms with Gasteiger partial charge in [-0.05, 0) is 51.4 Å². The zero-order valence-electron chi connectivity index (χ0n) is 9.27. The Morgan fingerprint density at radius 1 is 1.36 bits per heavy atom. The second kappa shape index (κ2) is 7.18. The van der Waals surface area contributed by atoms with Crippen LogP contribution < -0.4 is 5.32 Å². The summed E-state index contributed by atoms with van der Waals surface area (Å²) in [6.45, 7) is 7.08. The molecule has 0 saturated carbocycles. The van der Waals surface area contributed by atoms with Crippen molar-refractivity contribution in [3.63, 3.8) is 0 Å². The first-order valence-corrected chi connectivity index (χ1v) is 5.85. The third kappa shape index (κ3) is 4.38. The van der Waals surface area contributed by atoms with Crippen LogP contribution in [-0.4, -0.2) is 44.3 Å². The van der Waals surface area contributed by atoms with Gasteiger partial charge in [0.1, 0.15) is 6.67 Å². The number of alkyl halides is 1. The molecule has 0 bridgehead atoms. The number of hydrogen-bond donors (Lipinski definition) is 1. The van der Waals surface area contributed by atoms with E-state index in [-0.39, 0.29) is 6.67 Å². The predicted octanol–water partition coefficient (Wildman–Crippen LogP) is 1.67. The lowest BCUT2D eigenvalue weighted by molar-refractivity contribution is 0.171. The topological polar surface area (TPSA) is 15.3 Å². The highest BCUT2D eigenvalue weighted by Crippen LogP contribution is 2.15. The molecule has 0 radical (unpaired) electrons. The van der Waals surface area contributed by atoms with E-state index in [0.29, 0.717) is 6.54 Å². The Morgan fingerprint density at radius 3 is 2.64 bits per heavy atom. The van der Waals surface area contributed by atoms with Crippen LogP contribution in [0.4, 0.5) is 4.39 Å². The van der Waals surface area contributed by atoms with Crippen LogP contribution >= 0.6 is 0 Å². The molecule has 1 heterocycles. The van der Waals surface area contributed by atoms with Gasteiger partial charge in [0.15, 0.2) is 0 Å². The van der Waals surface area contributed by atoms with E-state index in [0.717, 1.165) is 32.1 Å². The van der Waals surface area contributed by atoms with Gasteiger partial charge in [0, 0.05) is 6.54 Å². The van der Waals surface area contributed by atoms with Gasteiger partial charge in [-0.1, -0.05) is 6.92 Å². The Hall–Kier alpha value is -0.150. The second-order valence-electron chi connectivity index (χ2n) is 4.18. The van der Waals surface area contributed by atoms with Crippen molar-refractivity contribution in [2.45, 2.75) is 26.2 Å². The maximum atomic E-state index is 12.1. The third-order valence-electron chi connectivity index (χ3n) is 2.97. The van der Waals surface area contributed by atoms with Crippen molar-refractivity contribution in [3.05, 3.63) is 0 Å². The summed E-state index contributed by atoms with van der Waals surface area (Å²) in [7, 11) is 0. The molecule has 1 aliphatic rings. The summed E-state index contributed by atoms with van der Waals surface area (Å²) in [5, 5.41) is 3.46. The number of nitrogens with one attached hydrogen (secondary N) is 1. The smallest absolute Gasteiger partial charge is 0.102 e. The lowest BCUT2D eigenvalue weighted by atomic mass is 9.97. The SMILES string of the molecule is CCCNCC1CCN(CCF)CC1. The lowest BCUT2D eigenvalue weighted by Gasteiger charge is -2.31. The van der Waals surface area contributed by atoms with Crippen molar-refractivity contribution < 1.29 is 4.39 Å². The highest BCUT2D eigenvalue weighted by Gasteiger charge is 2.17. The van der Waals surface area contributed by atoms with E-state index in [1.807, 2.05) is 0 Å². The second-order valence-corrected chi connectivity index (χ2v) is 4.18. The normalized spacial score (nSPS) is 20.1. The average Bonchev–Trinajstić information content (AvgIpc) is 2.21. The molecule has 0 unspecified atom stereocenters. The van der Waals surface area contributed by atoms with Crippen LogP contribution in [0.2, 0.25) is 0 Å². The summed E-state index contributed by atoms with van der Waals surface area (Å²) in [5.41, 5.74) is 0. The first kappa shape index (κ1) is 11.9. The van der Waals surface area contributed by atoms with Gasteiger partial charge in [-0.15, -0.1) is 0 Å². The van der Waals surface area contributed by atoms with E-state index in [2.05, 4.69) is 17.1 Å². The van der Waals surface area contributed by atoms with Crippen molar-refractivity contribution in [1.29, 1.82) is 0 Å². The number of halogens is 1. The molecule has 1 aliphatic heterocycles. The maximum Gasteiger partial charge on any atom is 0.102 e. The van der Waals surface area contributed by atoms with Crippen LogP contribution in [0.3, 0.4) is 0 Å². The highest BCUT2D eigenvalue weighted by atomic mass is 19.1. The molecular weight excluding hydrogens is 179 g/mol. The number of hydrogen-bond acceptors (Lipinski definition) is 2. The Bertz CT molecular complexity index is 133. The van der Waals surface area contributed by atoms with E-state index < -0.39 is 0 Å². The molecule has 0 amide bonds. The monoisotopic (exact) mass is 202 g/mol. The van der Waals surface area contributed by atoms with Crippen LogP contribution in [0.25, 0.3) is 0 Å². The standard InChI is InChI=1S/C11H23FN2/c1-2-6-13-10-11-3-7-14(8-4-11)9-5-12/h11,13H,2-10H2,1H3. The molecule has 2 nitrogen and oxygen atoms in total. The quantitative estimate of drug-likeness (QED) is 0.659. The predicted molar refractivity (Wildman–Crippen MR) is 58.3 cm³/mol. The molecule has 14 heavy (non-hydrogen) atoms. The van der Waals surface area contributed by atoms with Gasteiger partial charge in [0.25, 0.3) is 0 Å². The minimum atomic E-state index is -0.196. The number of piperidine rings is 1. The van der Waals surface area contributed by atoms with E-state index in [1.54, 1.807) is 0 Å². The zero-order chi connectivity index (χ0) is 10.2. The minimum absolute atomic E-state index is 0.196. The van der Waals surface area contributed by atoms with Gasteiger partial charge >= 0.3 is 0 Å². The molecule has 84 valence electrons. The molecular formula is C11H23FN2. The molecule has 0 aromatic rings. The zero-order valence-corrected chi connectivity index (χ0v) is 9.27. The van der Waals surface area contributed by atoms with Crippen molar-refractivity contribution >= 4 is 0 Å².